The third-order valence-electron chi connectivity index (χ3n) is 5.88. The molecular formula is C20H25N3O2. The first-order chi connectivity index (χ1) is 12.1. The molecule has 2 aromatic rings. The van der Waals surface area contributed by atoms with Gasteiger partial charge in [-0.1, -0.05) is 48.3 Å². The van der Waals surface area contributed by atoms with E-state index in [0.717, 1.165) is 43.7 Å². The zero-order valence-corrected chi connectivity index (χ0v) is 15.0. The van der Waals surface area contributed by atoms with Gasteiger partial charge in [0.05, 0.1) is 11.8 Å². The molecule has 0 N–H and O–H groups in total. The van der Waals surface area contributed by atoms with Crippen LogP contribution in [0.3, 0.4) is 0 Å². The molecule has 1 aromatic heterocycles. The van der Waals surface area contributed by atoms with Crippen molar-refractivity contribution in [1.82, 2.24) is 15.0 Å². The lowest BCUT2D eigenvalue weighted by atomic mass is 9.80. The van der Waals surface area contributed by atoms with Gasteiger partial charge >= 0.3 is 0 Å². The maximum absolute atomic E-state index is 12.9. The lowest BCUT2D eigenvalue weighted by molar-refractivity contribution is -0.129. The minimum absolute atomic E-state index is 0.0980. The van der Waals surface area contributed by atoms with Gasteiger partial charge in [-0.2, -0.15) is 4.98 Å². The highest BCUT2D eigenvalue weighted by Crippen LogP contribution is 2.49. The number of carbonyl (C=O) groups is 1. The fraction of sp³-hybridized carbons (Fsp3) is 0.550. The molecule has 2 heterocycles. The van der Waals surface area contributed by atoms with Crippen molar-refractivity contribution in [2.75, 3.05) is 13.1 Å². The van der Waals surface area contributed by atoms with Crippen LogP contribution in [0.2, 0.25) is 0 Å². The zero-order chi connectivity index (χ0) is 17.4. The number of fused-ring (bicyclic) bond motifs is 1. The van der Waals surface area contributed by atoms with Crippen LogP contribution in [-0.2, 0) is 23.1 Å². The first kappa shape index (κ1) is 16.3. The minimum atomic E-state index is -0.0980. The first-order valence-corrected chi connectivity index (χ1v) is 9.27. The van der Waals surface area contributed by atoms with Gasteiger partial charge < -0.3 is 9.42 Å². The molecule has 2 fully saturated rings. The molecule has 5 nitrogen and oxygen atoms in total. The van der Waals surface area contributed by atoms with Gasteiger partial charge in [-0.3, -0.25) is 4.79 Å². The standard InChI is InChI=1S/C20H25N3O2/c1-3-17-21-19(22-25-17)20-9-5-8-16(20)12-23(13-20)18(24)11-15-7-4-6-14(2)10-15/h4,6-7,10,16H,3,5,8-9,11-13H2,1-2H3/t16-,20-/m1/s1. The van der Waals surface area contributed by atoms with Gasteiger partial charge in [0, 0.05) is 19.5 Å². The van der Waals surface area contributed by atoms with Crippen LogP contribution < -0.4 is 0 Å². The molecule has 0 radical (unpaired) electrons. The Morgan fingerprint density at radius 3 is 3.08 bits per heavy atom. The molecule has 0 bridgehead atoms. The maximum atomic E-state index is 12.9. The second-order valence-electron chi connectivity index (χ2n) is 7.55. The molecule has 1 amide bonds. The van der Waals surface area contributed by atoms with Gasteiger partial charge in [-0.15, -0.1) is 0 Å². The summed E-state index contributed by atoms with van der Waals surface area (Å²) in [6.45, 7) is 5.63. The van der Waals surface area contributed by atoms with Crippen molar-refractivity contribution in [1.29, 1.82) is 0 Å². The average Bonchev–Trinajstić information content (AvgIpc) is 3.28. The van der Waals surface area contributed by atoms with E-state index in [1.807, 2.05) is 24.0 Å². The molecule has 4 rings (SSSR count). The fourth-order valence-electron chi connectivity index (χ4n) is 4.55. The van der Waals surface area contributed by atoms with Gasteiger partial charge in [0.25, 0.3) is 0 Å². The van der Waals surface area contributed by atoms with Crippen LogP contribution in [-0.4, -0.2) is 34.0 Å². The molecule has 1 aliphatic heterocycles. The van der Waals surface area contributed by atoms with Crippen LogP contribution in [0, 0.1) is 12.8 Å². The normalized spacial score (nSPS) is 25.4. The number of hydrogen-bond donors (Lipinski definition) is 0. The fourth-order valence-corrected chi connectivity index (χ4v) is 4.55. The summed E-state index contributed by atoms with van der Waals surface area (Å²) in [7, 11) is 0. The molecule has 2 atom stereocenters. The molecule has 0 spiro atoms. The summed E-state index contributed by atoms with van der Waals surface area (Å²) >= 11 is 0. The topological polar surface area (TPSA) is 59.2 Å². The summed E-state index contributed by atoms with van der Waals surface area (Å²) in [4.78, 5) is 19.5. The Morgan fingerprint density at radius 1 is 1.44 bits per heavy atom. The van der Waals surface area contributed by atoms with Crippen LogP contribution in [0.25, 0.3) is 0 Å². The largest absolute Gasteiger partial charge is 0.341 e. The third kappa shape index (κ3) is 2.86. The second-order valence-corrected chi connectivity index (χ2v) is 7.55. The summed E-state index contributed by atoms with van der Waals surface area (Å²) in [6, 6.07) is 8.20. The van der Waals surface area contributed by atoms with Gasteiger partial charge in [-0.25, -0.2) is 0 Å². The summed E-state index contributed by atoms with van der Waals surface area (Å²) in [6.07, 6.45) is 4.60. The zero-order valence-electron chi connectivity index (χ0n) is 15.0. The Bertz CT molecular complexity index is 785. The van der Waals surface area contributed by atoms with Crippen molar-refractivity contribution in [2.45, 2.75) is 51.4 Å². The number of aromatic nitrogens is 2. The van der Waals surface area contributed by atoms with Gasteiger partial charge in [-0.05, 0) is 31.2 Å². The van der Waals surface area contributed by atoms with E-state index in [9.17, 15) is 4.79 Å². The van der Waals surface area contributed by atoms with Crippen LogP contribution in [0.15, 0.2) is 28.8 Å². The van der Waals surface area contributed by atoms with E-state index < -0.39 is 0 Å². The van der Waals surface area contributed by atoms with Crippen molar-refractivity contribution in [2.24, 2.45) is 5.92 Å². The third-order valence-corrected chi connectivity index (χ3v) is 5.88. The Balaban J connectivity index is 1.53. The molecule has 1 saturated carbocycles. The van der Waals surface area contributed by atoms with Gasteiger partial charge in [0.1, 0.15) is 0 Å². The quantitative estimate of drug-likeness (QED) is 0.859. The van der Waals surface area contributed by atoms with Crippen molar-refractivity contribution >= 4 is 5.91 Å². The predicted molar refractivity (Wildman–Crippen MR) is 94.2 cm³/mol. The molecule has 1 aliphatic carbocycles. The number of aryl methyl sites for hydroxylation is 2. The van der Waals surface area contributed by atoms with Crippen molar-refractivity contribution in [3.63, 3.8) is 0 Å². The smallest absolute Gasteiger partial charge is 0.227 e. The number of likely N-dealkylation sites (tertiary alicyclic amines) is 1. The second kappa shape index (κ2) is 6.28. The van der Waals surface area contributed by atoms with E-state index in [1.165, 1.54) is 12.0 Å². The van der Waals surface area contributed by atoms with Crippen LogP contribution in [0.1, 0.15) is 49.0 Å². The number of benzene rings is 1. The van der Waals surface area contributed by atoms with E-state index in [4.69, 9.17) is 4.52 Å². The minimum Gasteiger partial charge on any atom is -0.341 e. The highest BCUT2D eigenvalue weighted by Gasteiger charge is 2.54. The predicted octanol–water partition coefficient (Wildman–Crippen LogP) is 3.06. The molecule has 0 unspecified atom stereocenters. The Morgan fingerprint density at radius 2 is 2.32 bits per heavy atom. The Hall–Kier alpha value is -2.17. The summed E-state index contributed by atoms with van der Waals surface area (Å²) < 4.78 is 5.37. The average molecular weight is 339 g/mol. The van der Waals surface area contributed by atoms with Crippen LogP contribution in [0.5, 0.6) is 0 Å². The van der Waals surface area contributed by atoms with E-state index >= 15 is 0 Å². The summed E-state index contributed by atoms with van der Waals surface area (Å²) in [5.74, 6) is 2.17. The van der Waals surface area contributed by atoms with E-state index in [0.29, 0.717) is 18.2 Å². The number of nitrogens with zero attached hydrogens (tertiary/aromatic N) is 3. The van der Waals surface area contributed by atoms with Crippen molar-refractivity contribution < 1.29 is 9.32 Å². The van der Waals surface area contributed by atoms with E-state index in [1.54, 1.807) is 0 Å². The number of amides is 1. The molecule has 2 aliphatic rings. The molecule has 5 heteroatoms. The lowest BCUT2D eigenvalue weighted by Crippen LogP contribution is -2.36. The maximum Gasteiger partial charge on any atom is 0.227 e. The molecule has 132 valence electrons. The number of carbonyl (C=O) groups excluding carboxylic acids is 1. The van der Waals surface area contributed by atoms with Gasteiger partial charge in [0.15, 0.2) is 5.82 Å². The number of hydrogen-bond acceptors (Lipinski definition) is 4. The van der Waals surface area contributed by atoms with Crippen LogP contribution in [0.4, 0.5) is 0 Å². The molecular weight excluding hydrogens is 314 g/mol. The van der Waals surface area contributed by atoms with Gasteiger partial charge in [0.2, 0.25) is 11.8 Å². The first-order valence-electron chi connectivity index (χ1n) is 9.27. The SMILES string of the molecule is CCc1nc([C@@]23CCC[C@@H]2CN(C(=O)Cc2cccc(C)c2)C3)no1. The summed E-state index contributed by atoms with van der Waals surface area (Å²) in [5, 5.41) is 4.27. The van der Waals surface area contributed by atoms with Crippen LogP contribution >= 0.6 is 0 Å². The summed E-state index contributed by atoms with van der Waals surface area (Å²) in [5.41, 5.74) is 2.18. The highest BCUT2D eigenvalue weighted by molar-refractivity contribution is 5.79. The Kier molecular flexibility index (Phi) is 4.10. The Labute approximate surface area is 148 Å². The molecule has 1 aromatic carbocycles. The monoisotopic (exact) mass is 339 g/mol. The lowest BCUT2D eigenvalue weighted by Gasteiger charge is -2.24. The van der Waals surface area contributed by atoms with Crippen molar-refractivity contribution in [3.05, 3.63) is 47.1 Å². The number of rotatable bonds is 4. The highest BCUT2D eigenvalue weighted by atomic mass is 16.5. The molecule has 1 saturated heterocycles. The molecule has 25 heavy (non-hydrogen) atoms. The van der Waals surface area contributed by atoms with Crippen molar-refractivity contribution in [3.8, 4) is 0 Å². The van der Waals surface area contributed by atoms with E-state index in [2.05, 4.69) is 29.2 Å². The van der Waals surface area contributed by atoms with E-state index in [-0.39, 0.29) is 11.3 Å².